The van der Waals surface area contributed by atoms with E-state index in [4.69, 9.17) is 0 Å². The number of hydrogen-bond acceptors (Lipinski definition) is 2. The van der Waals surface area contributed by atoms with Crippen LogP contribution in [-0.4, -0.2) is 19.0 Å². The van der Waals surface area contributed by atoms with Gasteiger partial charge in [-0.2, -0.15) is 13.2 Å². The Morgan fingerprint density at radius 3 is 2.67 bits per heavy atom. The van der Waals surface area contributed by atoms with Crippen LogP contribution < -0.4 is 5.32 Å². The summed E-state index contributed by atoms with van der Waals surface area (Å²) < 4.78 is 35.9. The second kappa shape index (κ2) is 3.00. The number of carbonyl (C=O) groups is 1. The Kier molecular flexibility index (Phi) is 2.21. The molecule has 1 heterocycles. The average molecular weight is 177 g/mol. The van der Waals surface area contributed by atoms with E-state index in [0.29, 0.717) is 6.29 Å². The van der Waals surface area contributed by atoms with Crippen LogP contribution in [0.1, 0.15) is 0 Å². The van der Waals surface area contributed by atoms with Crippen LogP contribution in [0.15, 0.2) is 23.4 Å². The zero-order valence-electron chi connectivity index (χ0n) is 5.98. The summed E-state index contributed by atoms with van der Waals surface area (Å²) >= 11 is 0. The first kappa shape index (κ1) is 8.83. The van der Waals surface area contributed by atoms with E-state index in [-0.39, 0.29) is 12.1 Å². The molecular formula is C7H6F3NO. The summed E-state index contributed by atoms with van der Waals surface area (Å²) in [6.07, 6.45) is -1.83. The van der Waals surface area contributed by atoms with Crippen molar-refractivity contribution in [3.63, 3.8) is 0 Å². The lowest BCUT2D eigenvalue weighted by Gasteiger charge is -2.16. The van der Waals surface area contributed by atoms with Gasteiger partial charge in [0.1, 0.15) is 12.0 Å². The minimum atomic E-state index is -4.40. The summed E-state index contributed by atoms with van der Waals surface area (Å²) in [5.41, 5.74) is -0.812. The molecule has 1 N–H and O–H groups in total. The van der Waals surface area contributed by atoms with Crippen LogP contribution in [0.4, 0.5) is 13.2 Å². The van der Waals surface area contributed by atoms with Crippen molar-refractivity contribution in [2.75, 3.05) is 6.54 Å². The first-order chi connectivity index (χ1) is 5.54. The van der Waals surface area contributed by atoms with Gasteiger partial charge in [0.25, 0.3) is 0 Å². The van der Waals surface area contributed by atoms with Crippen LogP contribution >= 0.6 is 0 Å². The molecule has 0 saturated heterocycles. The van der Waals surface area contributed by atoms with Crippen molar-refractivity contribution < 1.29 is 18.0 Å². The van der Waals surface area contributed by atoms with Crippen LogP contribution in [0, 0.1) is 0 Å². The van der Waals surface area contributed by atoms with Gasteiger partial charge >= 0.3 is 6.18 Å². The largest absolute Gasteiger partial charge is 0.430 e. The van der Waals surface area contributed by atoms with Gasteiger partial charge < -0.3 is 5.32 Å². The number of rotatable bonds is 1. The number of hydrogen-bond donors (Lipinski definition) is 1. The Bertz CT molecular complexity index is 252. The van der Waals surface area contributed by atoms with E-state index >= 15 is 0 Å². The maximum absolute atomic E-state index is 12.0. The molecule has 0 saturated carbocycles. The lowest BCUT2D eigenvalue weighted by Crippen LogP contribution is -2.28. The second-order valence-corrected chi connectivity index (χ2v) is 2.26. The zero-order chi connectivity index (χ0) is 9.19. The molecule has 1 aliphatic heterocycles. The summed E-state index contributed by atoms with van der Waals surface area (Å²) in [5.74, 6) is 0. The van der Waals surface area contributed by atoms with Crippen LogP contribution in [0.3, 0.4) is 0 Å². The summed E-state index contributed by atoms with van der Waals surface area (Å²) in [6, 6.07) is 0. The minimum Gasteiger partial charge on any atom is -0.378 e. The Labute approximate surface area is 66.8 Å². The monoisotopic (exact) mass is 177 g/mol. The van der Waals surface area contributed by atoms with Crippen molar-refractivity contribution in [3.8, 4) is 0 Å². The Hall–Kier alpha value is -1.26. The van der Waals surface area contributed by atoms with Gasteiger partial charge in [-0.15, -0.1) is 0 Å². The minimum absolute atomic E-state index is 0.0411. The number of nitrogens with one attached hydrogen (secondary N) is 1. The van der Waals surface area contributed by atoms with Crippen LogP contribution in [0.25, 0.3) is 0 Å². The highest BCUT2D eigenvalue weighted by atomic mass is 19.4. The molecule has 0 aliphatic carbocycles. The SMILES string of the molecule is O=CC1=CCNC(C(F)(F)F)=C1. The van der Waals surface area contributed by atoms with Gasteiger partial charge in [0.05, 0.1) is 0 Å². The van der Waals surface area contributed by atoms with Gasteiger partial charge in [0.2, 0.25) is 0 Å². The molecule has 0 aromatic carbocycles. The van der Waals surface area contributed by atoms with Gasteiger partial charge in [-0.05, 0) is 6.08 Å². The van der Waals surface area contributed by atoms with Gasteiger partial charge in [-0.3, -0.25) is 4.79 Å². The summed E-state index contributed by atoms with van der Waals surface area (Å²) in [5, 5.41) is 2.12. The fourth-order valence-electron chi connectivity index (χ4n) is 0.820. The van der Waals surface area contributed by atoms with Gasteiger partial charge in [-0.1, -0.05) is 6.08 Å². The lowest BCUT2D eigenvalue weighted by molar-refractivity contribution is -0.104. The smallest absolute Gasteiger partial charge is 0.378 e. The average Bonchev–Trinajstić information content (AvgIpc) is 2.03. The first-order valence-electron chi connectivity index (χ1n) is 3.22. The van der Waals surface area contributed by atoms with Gasteiger partial charge in [0, 0.05) is 12.1 Å². The van der Waals surface area contributed by atoms with E-state index in [1.165, 1.54) is 6.08 Å². The molecule has 0 bridgehead atoms. The predicted octanol–water partition coefficient (Wildman–Crippen LogP) is 1.16. The number of halogens is 3. The van der Waals surface area contributed by atoms with E-state index in [1.54, 1.807) is 0 Å². The van der Waals surface area contributed by atoms with Gasteiger partial charge in [0.15, 0.2) is 0 Å². The Balaban J connectivity index is 2.87. The molecule has 5 heteroatoms. The molecule has 0 radical (unpaired) electrons. The molecule has 0 atom stereocenters. The van der Waals surface area contributed by atoms with Crippen molar-refractivity contribution in [3.05, 3.63) is 23.4 Å². The van der Waals surface area contributed by atoms with Crippen molar-refractivity contribution in [2.45, 2.75) is 6.18 Å². The highest BCUT2D eigenvalue weighted by Crippen LogP contribution is 2.25. The number of alkyl halides is 3. The van der Waals surface area contributed by atoms with Crippen molar-refractivity contribution >= 4 is 6.29 Å². The molecule has 12 heavy (non-hydrogen) atoms. The van der Waals surface area contributed by atoms with Crippen LogP contribution in [0.2, 0.25) is 0 Å². The molecule has 1 rings (SSSR count). The van der Waals surface area contributed by atoms with E-state index < -0.39 is 11.9 Å². The van der Waals surface area contributed by atoms with Crippen molar-refractivity contribution in [1.82, 2.24) is 5.32 Å². The van der Waals surface area contributed by atoms with Crippen molar-refractivity contribution in [2.24, 2.45) is 0 Å². The molecule has 0 aromatic rings. The third-order valence-corrected chi connectivity index (χ3v) is 1.38. The van der Waals surface area contributed by atoms with E-state index in [0.717, 1.165) is 6.08 Å². The highest BCUT2D eigenvalue weighted by molar-refractivity contribution is 5.78. The normalized spacial score (nSPS) is 17.6. The third-order valence-electron chi connectivity index (χ3n) is 1.38. The third kappa shape index (κ3) is 1.87. The molecule has 1 aliphatic rings. The summed E-state index contributed by atoms with van der Waals surface area (Å²) in [7, 11) is 0. The second-order valence-electron chi connectivity index (χ2n) is 2.26. The number of aldehydes is 1. The van der Waals surface area contributed by atoms with Crippen molar-refractivity contribution in [1.29, 1.82) is 0 Å². The predicted molar refractivity (Wildman–Crippen MR) is 36.3 cm³/mol. The molecule has 0 fully saturated rings. The number of allylic oxidation sites excluding steroid dienone is 3. The van der Waals surface area contributed by atoms with E-state index in [2.05, 4.69) is 5.32 Å². The fraction of sp³-hybridized carbons (Fsp3) is 0.286. The first-order valence-corrected chi connectivity index (χ1v) is 3.22. The van der Waals surface area contributed by atoms with Gasteiger partial charge in [-0.25, -0.2) is 0 Å². The van der Waals surface area contributed by atoms with Crippen LogP contribution in [-0.2, 0) is 4.79 Å². The van der Waals surface area contributed by atoms with E-state index in [9.17, 15) is 18.0 Å². The summed E-state index contributed by atoms with van der Waals surface area (Å²) in [6.45, 7) is 0.0411. The summed E-state index contributed by atoms with van der Waals surface area (Å²) in [4.78, 5) is 10.1. The molecule has 66 valence electrons. The molecular weight excluding hydrogens is 171 g/mol. The zero-order valence-corrected chi connectivity index (χ0v) is 5.98. The molecule has 0 spiro atoms. The molecule has 0 unspecified atom stereocenters. The number of carbonyl (C=O) groups excluding carboxylic acids is 1. The number of dihydropyridines is 1. The molecule has 0 aromatic heterocycles. The maximum Gasteiger partial charge on any atom is 0.430 e. The quantitative estimate of drug-likeness (QED) is 0.609. The van der Waals surface area contributed by atoms with Crippen LogP contribution in [0.5, 0.6) is 0 Å². The lowest BCUT2D eigenvalue weighted by atomic mass is 10.1. The maximum atomic E-state index is 12.0. The molecule has 0 amide bonds. The highest BCUT2D eigenvalue weighted by Gasteiger charge is 2.34. The standard InChI is InChI=1S/C7H6F3NO/c8-7(9,10)6-3-5(4-12)1-2-11-6/h1,3-4,11H,2H2. The molecule has 2 nitrogen and oxygen atoms in total. The Morgan fingerprint density at radius 2 is 2.17 bits per heavy atom. The topological polar surface area (TPSA) is 29.1 Å². The Morgan fingerprint density at radius 1 is 1.50 bits per heavy atom. The fourth-order valence-corrected chi connectivity index (χ4v) is 0.820. The van der Waals surface area contributed by atoms with E-state index in [1.807, 2.05) is 0 Å².